The van der Waals surface area contributed by atoms with Gasteiger partial charge in [-0.05, 0) is 49.1 Å². The molecule has 2 N–H and O–H groups in total. The average molecular weight is 352 g/mol. The minimum atomic E-state index is -0.153. The zero-order chi connectivity index (χ0) is 18.1. The fourth-order valence-corrected chi connectivity index (χ4v) is 3.71. The molecule has 0 radical (unpaired) electrons. The molecular weight excluding hydrogens is 328 g/mol. The molecule has 0 saturated carbocycles. The molecule has 2 aromatic heterocycles. The molecule has 1 aliphatic rings. The summed E-state index contributed by atoms with van der Waals surface area (Å²) in [4.78, 5) is 15.8. The van der Waals surface area contributed by atoms with Gasteiger partial charge in [0.05, 0.1) is 0 Å². The number of hydrogen-bond acceptors (Lipinski definition) is 3. The molecule has 0 unspecified atom stereocenters. The molecule has 0 atom stereocenters. The summed E-state index contributed by atoms with van der Waals surface area (Å²) in [5.74, 6) is 0.392. The lowest BCUT2D eigenvalue weighted by Crippen LogP contribution is -2.23. The number of rotatable bonds is 4. The minimum Gasteiger partial charge on any atom is -0.381 e. The van der Waals surface area contributed by atoms with E-state index in [1.165, 1.54) is 16.6 Å². The summed E-state index contributed by atoms with van der Waals surface area (Å²) in [5, 5.41) is 8.31. The molecule has 0 bridgehead atoms. The Kier molecular flexibility index (Phi) is 4.51. The van der Waals surface area contributed by atoms with Crippen LogP contribution in [0, 0.1) is 6.92 Å². The van der Waals surface area contributed by atoms with E-state index in [4.69, 9.17) is 4.74 Å². The van der Waals surface area contributed by atoms with Crippen molar-refractivity contribution in [3.05, 3.63) is 53.0 Å². The van der Waals surface area contributed by atoms with Crippen molar-refractivity contribution in [2.24, 2.45) is 7.05 Å². The van der Waals surface area contributed by atoms with Crippen molar-refractivity contribution in [2.75, 3.05) is 13.2 Å². The number of carbonyl (C=O) groups is 1. The highest BCUT2D eigenvalue weighted by molar-refractivity contribution is 5.92. The number of aromatic nitrogens is 3. The molecule has 3 heterocycles. The molecule has 6 nitrogen and oxygen atoms in total. The van der Waals surface area contributed by atoms with Crippen LogP contribution in [0.15, 0.2) is 30.5 Å². The van der Waals surface area contributed by atoms with Crippen LogP contribution >= 0.6 is 0 Å². The monoisotopic (exact) mass is 352 g/mol. The van der Waals surface area contributed by atoms with Gasteiger partial charge in [-0.25, -0.2) is 0 Å². The molecular formula is C20H24N4O2. The van der Waals surface area contributed by atoms with Gasteiger partial charge in [0.1, 0.15) is 5.69 Å². The number of nitrogens with one attached hydrogen (secondary N) is 2. The quantitative estimate of drug-likeness (QED) is 0.758. The second-order valence-electron chi connectivity index (χ2n) is 6.99. The summed E-state index contributed by atoms with van der Waals surface area (Å²) in [6, 6.07) is 8.05. The van der Waals surface area contributed by atoms with Crippen molar-refractivity contribution in [3.63, 3.8) is 0 Å². The van der Waals surface area contributed by atoms with Crippen LogP contribution in [0.2, 0.25) is 0 Å². The molecule has 0 aliphatic carbocycles. The molecule has 3 aromatic rings. The second-order valence-corrected chi connectivity index (χ2v) is 6.99. The lowest BCUT2D eigenvalue weighted by Gasteiger charge is -2.21. The summed E-state index contributed by atoms with van der Waals surface area (Å²) in [6.45, 7) is 4.34. The van der Waals surface area contributed by atoms with Gasteiger partial charge in [-0.15, -0.1) is 0 Å². The molecule has 1 aliphatic heterocycles. The van der Waals surface area contributed by atoms with Crippen LogP contribution in [0.25, 0.3) is 10.9 Å². The third-order valence-electron chi connectivity index (χ3n) is 5.19. The number of carbonyl (C=O) groups excluding carboxylic acids is 1. The van der Waals surface area contributed by atoms with E-state index < -0.39 is 0 Å². The van der Waals surface area contributed by atoms with Gasteiger partial charge < -0.3 is 15.0 Å². The normalized spacial score (nSPS) is 15.5. The Morgan fingerprint density at radius 3 is 2.88 bits per heavy atom. The highest BCUT2D eigenvalue weighted by Crippen LogP contribution is 2.33. The van der Waals surface area contributed by atoms with Crippen LogP contribution in [0.5, 0.6) is 0 Å². The van der Waals surface area contributed by atoms with Gasteiger partial charge >= 0.3 is 0 Å². The van der Waals surface area contributed by atoms with E-state index in [1.54, 1.807) is 24.0 Å². The molecule has 1 saturated heterocycles. The van der Waals surface area contributed by atoms with E-state index in [2.05, 4.69) is 40.5 Å². The third kappa shape index (κ3) is 3.24. The predicted molar refractivity (Wildman–Crippen MR) is 100 cm³/mol. The van der Waals surface area contributed by atoms with Crippen LogP contribution in [0.1, 0.15) is 46.1 Å². The van der Waals surface area contributed by atoms with Crippen LogP contribution < -0.4 is 5.32 Å². The molecule has 1 aromatic carbocycles. The van der Waals surface area contributed by atoms with Gasteiger partial charge in [-0.3, -0.25) is 9.48 Å². The van der Waals surface area contributed by atoms with Crippen molar-refractivity contribution in [2.45, 2.75) is 32.2 Å². The SMILES string of the molecule is Cc1c(C2CCOCC2)[nH]c2ccc(CNC(=O)c3ccn(C)n3)cc12. The van der Waals surface area contributed by atoms with Gasteiger partial charge in [0.15, 0.2) is 0 Å². The smallest absolute Gasteiger partial charge is 0.272 e. The summed E-state index contributed by atoms with van der Waals surface area (Å²) in [5.41, 5.74) is 5.32. The van der Waals surface area contributed by atoms with E-state index in [-0.39, 0.29) is 5.91 Å². The first kappa shape index (κ1) is 16.8. The zero-order valence-electron chi connectivity index (χ0n) is 15.2. The van der Waals surface area contributed by atoms with E-state index in [0.29, 0.717) is 18.2 Å². The summed E-state index contributed by atoms with van der Waals surface area (Å²) >= 11 is 0. The topological polar surface area (TPSA) is 71.9 Å². The minimum absolute atomic E-state index is 0.153. The maximum absolute atomic E-state index is 12.2. The zero-order valence-corrected chi connectivity index (χ0v) is 15.2. The molecule has 0 spiro atoms. The molecule has 26 heavy (non-hydrogen) atoms. The number of aromatic amines is 1. The Labute approximate surface area is 152 Å². The summed E-state index contributed by atoms with van der Waals surface area (Å²) < 4.78 is 7.11. The fraction of sp³-hybridized carbons (Fsp3) is 0.400. The number of aryl methyl sites for hydroxylation is 2. The maximum atomic E-state index is 12.2. The van der Waals surface area contributed by atoms with E-state index >= 15 is 0 Å². The van der Waals surface area contributed by atoms with Crippen LogP contribution in [0.4, 0.5) is 0 Å². The van der Waals surface area contributed by atoms with Crippen molar-refractivity contribution >= 4 is 16.8 Å². The van der Waals surface area contributed by atoms with Crippen molar-refractivity contribution in [1.82, 2.24) is 20.1 Å². The second kappa shape index (κ2) is 6.96. The van der Waals surface area contributed by atoms with E-state index in [0.717, 1.165) is 37.1 Å². The van der Waals surface area contributed by atoms with Crippen LogP contribution in [-0.2, 0) is 18.3 Å². The number of H-pyrrole nitrogens is 1. The van der Waals surface area contributed by atoms with Crippen molar-refractivity contribution < 1.29 is 9.53 Å². The Hall–Kier alpha value is -2.60. The van der Waals surface area contributed by atoms with Gasteiger partial charge in [0.25, 0.3) is 5.91 Å². The van der Waals surface area contributed by atoms with Gasteiger partial charge in [0, 0.05) is 55.5 Å². The Balaban J connectivity index is 1.51. The highest BCUT2D eigenvalue weighted by atomic mass is 16.5. The Morgan fingerprint density at radius 2 is 2.15 bits per heavy atom. The first-order chi connectivity index (χ1) is 12.6. The van der Waals surface area contributed by atoms with Crippen LogP contribution in [0.3, 0.4) is 0 Å². The number of nitrogens with zero attached hydrogens (tertiary/aromatic N) is 2. The van der Waals surface area contributed by atoms with Crippen LogP contribution in [-0.4, -0.2) is 33.9 Å². The molecule has 1 amide bonds. The van der Waals surface area contributed by atoms with Gasteiger partial charge in [-0.1, -0.05) is 6.07 Å². The first-order valence-corrected chi connectivity index (χ1v) is 9.08. The van der Waals surface area contributed by atoms with Gasteiger partial charge in [-0.2, -0.15) is 5.10 Å². The van der Waals surface area contributed by atoms with Crippen molar-refractivity contribution in [1.29, 1.82) is 0 Å². The van der Waals surface area contributed by atoms with Crippen molar-refractivity contribution in [3.8, 4) is 0 Å². The first-order valence-electron chi connectivity index (χ1n) is 9.08. The Bertz CT molecular complexity index is 935. The summed E-state index contributed by atoms with van der Waals surface area (Å²) in [7, 11) is 1.80. The molecule has 1 fully saturated rings. The molecule has 4 rings (SSSR count). The van der Waals surface area contributed by atoms with E-state index in [9.17, 15) is 4.79 Å². The largest absolute Gasteiger partial charge is 0.381 e. The Morgan fingerprint density at radius 1 is 1.35 bits per heavy atom. The number of hydrogen-bond donors (Lipinski definition) is 2. The number of benzene rings is 1. The molecule has 6 heteroatoms. The van der Waals surface area contributed by atoms with Gasteiger partial charge in [0.2, 0.25) is 0 Å². The number of amides is 1. The van der Waals surface area contributed by atoms with E-state index in [1.807, 2.05) is 0 Å². The number of ether oxygens (including phenoxy) is 1. The highest BCUT2D eigenvalue weighted by Gasteiger charge is 2.20. The lowest BCUT2D eigenvalue weighted by molar-refractivity contribution is 0.0845. The number of fused-ring (bicyclic) bond motifs is 1. The maximum Gasteiger partial charge on any atom is 0.272 e. The average Bonchev–Trinajstić information content (AvgIpc) is 3.24. The third-order valence-corrected chi connectivity index (χ3v) is 5.19. The summed E-state index contributed by atoms with van der Waals surface area (Å²) in [6.07, 6.45) is 3.91. The standard InChI is InChI=1S/C20H24N4O2/c1-13-16-11-14(12-21-20(25)18-5-8-24(2)23-18)3-4-17(16)22-19(13)15-6-9-26-10-7-15/h3-5,8,11,15,22H,6-7,9-10,12H2,1-2H3,(H,21,25). The molecule has 136 valence electrons. The fourth-order valence-electron chi connectivity index (χ4n) is 3.71. The predicted octanol–water partition coefficient (Wildman–Crippen LogP) is 3.03. The lowest BCUT2D eigenvalue weighted by atomic mass is 9.93.